The van der Waals surface area contributed by atoms with Crippen LogP contribution in [0.25, 0.3) is 0 Å². The van der Waals surface area contributed by atoms with Crippen molar-refractivity contribution in [2.45, 2.75) is 19.8 Å². The topological polar surface area (TPSA) is 78.2 Å². The molecule has 0 radical (unpaired) electrons. The summed E-state index contributed by atoms with van der Waals surface area (Å²) in [5.74, 6) is -0.954. The molecule has 16 heavy (non-hydrogen) atoms. The summed E-state index contributed by atoms with van der Waals surface area (Å²) in [5.41, 5.74) is 1.86. The number of carbonyl (C=O) groups excluding carboxylic acids is 1. The van der Waals surface area contributed by atoms with Gasteiger partial charge in [0.05, 0.1) is 18.1 Å². The minimum Gasteiger partial charge on any atom is -0.481 e. The van der Waals surface area contributed by atoms with Crippen molar-refractivity contribution in [3.05, 3.63) is 34.4 Å². The number of benzene rings is 1. The Morgan fingerprint density at radius 2 is 2.25 bits per heavy atom. The summed E-state index contributed by atoms with van der Waals surface area (Å²) in [6.45, 7) is 1.86. The molecule has 1 aromatic carbocycles. The molecule has 0 amide bonds. The molecule has 0 unspecified atom stereocenters. The first-order chi connectivity index (χ1) is 7.62. The zero-order chi connectivity index (χ0) is 12.1. The van der Waals surface area contributed by atoms with Gasteiger partial charge in [0.25, 0.3) is 0 Å². The second-order valence-electron chi connectivity index (χ2n) is 3.37. The van der Waals surface area contributed by atoms with E-state index in [-0.39, 0.29) is 12.0 Å². The maximum atomic E-state index is 10.8. The lowest BCUT2D eigenvalue weighted by atomic mass is 9.96. The van der Waals surface area contributed by atoms with Gasteiger partial charge in [-0.3, -0.25) is 9.59 Å². The lowest BCUT2D eigenvalue weighted by Crippen LogP contribution is -2.04. The fraction of sp³-hybridized carbons (Fsp3) is 0.250. The van der Waals surface area contributed by atoms with Crippen LogP contribution in [0.4, 0.5) is 0 Å². The Morgan fingerprint density at radius 1 is 1.56 bits per heavy atom. The van der Waals surface area contributed by atoms with Gasteiger partial charge in [0.1, 0.15) is 0 Å². The molecule has 1 rings (SSSR count). The normalized spacial score (nSPS) is 9.50. The Kier molecular flexibility index (Phi) is 3.78. The smallest absolute Gasteiger partial charge is 0.307 e. The first kappa shape index (κ1) is 11.9. The van der Waals surface area contributed by atoms with E-state index in [1.54, 1.807) is 6.07 Å². The monoisotopic (exact) mass is 217 g/mol. The van der Waals surface area contributed by atoms with E-state index >= 15 is 0 Å². The van der Waals surface area contributed by atoms with E-state index in [9.17, 15) is 9.59 Å². The summed E-state index contributed by atoms with van der Waals surface area (Å²) in [7, 11) is 0. The molecule has 4 nitrogen and oxygen atoms in total. The molecule has 0 aliphatic heterocycles. The number of rotatable bonds is 4. The molecule has 0 fully saturated rings. The molecule has 0 bridgehead atoms. The highest BCUT2D eigenvalue weighted by Gasteiger charge is 2.10. The summed E-state index contributed by atoms with van der Waals surface area (Å²) < 4.78 is 0. The minimum atomic E-state index is -0.954. The lowest BCUT2D eigenvalue weighted by molar-refractivity contribution is -0.136. The second-order valence-corrected chi connectivity index (χ2v) is 3.37. The number of nitrogens with zero attached hydrogens (tertiary/aromatic N) is 1. The van der Waals surface area contributed by atoms with Crippen molar-refractivity contribution in [1.82, 2.24) is 0 Å². The van der Waals surface area contributed by atoms with Crippen LogP contribution in [0, 0.1) is 11.3 Å². The molecule has 0 atom stereocenters. The van der Waals surface area contributed by atoms with Crippen molar-refractivity contribution in [2.24, 2.45) is 0 Å². The molecule has 0 aliphatic carbocycles. The van der Waals surface area contributed by atoms with Crippen LogP contribution < -0.4 is 0 Å². The fourth-order valence-electron chi connectivity index (χ4n) is 1.58. The summed E-state index contributed by atoms with van der Waals surface area (Å²) in [4.78, 5) is 21.4. The average molecular weight is 217 g/mol. The van der Waals surface area contributed by atoms with E-state index in [2.05, 4.69) is 0 Å². The Hall–Kier alpha value is -2.15. The van der Waals surface area contributed by atoms with Crippen molar-refractivity contribution >= 4 is 12.3 Å². The number of aliphatic carboxylic acids is 1. The van der Waals surface area contributed by atoms with Crippen molar-refractivity contribution in [1.29, 1.82) is 5.26 Å². The molecular formula is C12H11NO3. The molecule has 0 saturated heterocycles. The number of aldehydes is 1. The van der Waals surface area contributed by atoms with E-state index in [1.807, 2.05) is 13.0 Å². The van der Waals surface area contributed by atoms with Crippen LogP contribution in [0.5, 0.6) is 0 Å². The van der Waals surface area contributed by atoms with Gasteiger partial charge < -0.3 is 5.11 Å². The number of hydrogen-bond acceptors (Lipinski definition) is 3. The van der Waals surface area contributed by atoms with Crippen LogP contribution in [-0.4, -0.2) is 17.4 Å². The van der Waals surface area contributed by atoms with Crippen molar-refractivity contribution < 1.29 is 14.7 Å². The van der Waals surface area contributed by atoms with E-state index in [4.69, 9.17) is 10.4 Å². The Bertz CT molecular complexity index is 472. The number of hydrogen-bond donors (Lipinski definition) is 1. The van der Waals surface area contributed by atoms with E-state index in [0.717, 1.165) is 0 Å². The molecule has 1 N–H and O–H groups in total. The fourth-order valence-corrected chi connectivity index (χ4v) is 1.58. The summed E-state index contributed by atoms with van der Waals surface area (Å²) in [5, 5.41) is 17.5. The standard InChI is InChI=1S/C12H11NO3/c1-2-9-3-8(5-12(15)16)4-10(6-13)11(9)7-14/h3-4,7H,2,5H2,1H3,(H,15,16). The Labute approximate surface area is 93.1 Å². The van der Waals surface area contributed by atoms with Crippen LogP contribution in [0.1, 0.15) is 34.0 Å². The third kappa shape index (κ3) is 2.45. The van der Waals surface area contributed by atoms with Crippen molar-refractivity contribution in [3.63, 3.8) is 0 Å². The molecule has 0 spiro atoms. The van der Waals surface area contributed by atoms with Crippen LogP contribution in [-0.2, 0) is 17.6 Å². The van der Waals surface area contributed by atoms with E-state index in [1.165, 1.54) is 6.07 Å². The van der Waals surface area contributed by atoms with Crippen LogP contribution in [0.2, 0.25) is 0 Å². The van der Waals surface area contributed by atoms with Gasteiger partial charge in [-0.2, -0.15) is 5.26 Å². The van der Waals surface area contributed by atoms with Crippen LogP contribution in [0.3, 0.4) is 0 Å². The quantitative estimate of drug-likeness (QED) is 0.776. The molecule has 0 aliphatic rings. The molecular weight excluding hydrogens is 206 g/mol. The van der Waals surface area contributed by atoms with Crippen molar-refractivity contribution in [2.75, 3.05) is 0 Å². The maximum Gasteiger partial charge on any atom is 0.307 e. The molecule has 82 valence electrons. The first-order valence-corrected chi connectivity index (χ1v) is 4.85. The molecule has 1 aromatic rings. The average Bonchev–Trinajstić information content (AvgIpc) is 2.26. The van der Waals surface area contributed by atoms with Gasteiger partial charge in [0, 0.05) is 5.56 Å². The second kappa shape index (κ2) is 5.08. The van der Waals surface area contributed by atoms with Crippen LogP contribution >= 0.6 is 0 Å². The van der Waals surface area contributed by atoms with E-state index < -0.39 is 5.97 Å². The maximum absolute atomic E-state index is 10.8. The molecule has 0 aromatic heterocycles. The number of aryl methyl sites for hydroxylation is 1. The lowest BCUT2D eigenvalue weighted by Gasteiger charge is -2.07. The van der Waals surface area contributed by atoms with Crippen LogP contribution in [0.15, 0.2) is 12.1 Å². The zero-order valence-electron chi connectivity index (χ0n) is 8.86. The van der Waals surface area contributed by atoms with Gasteiger partial charge in [-0.1, -0.05) is 13.0 Å². The van der Waals surface area contributed by atoms with Gasteiger partial charge in [-0.25, -0.2) is 0 Å². The summed E-state index contributed by atoms with van der Waals surface area (Å²) in [6.07, 6.45) is 1.10. The predicted molar refractivity (Wildman–Crippen MR) is 57.3 cm³/mol. The molecule has 4 heteroatoms. The highest BCUT2D eigenvalue weighted by Crippen LogP contribution is 2.17. The Morgan fingerprint density at radius 3 is 2.69 bits per heavy atom. The van der Waals surface area contributed by atoms with Gasteiger partial charge in [-0.15, -0.1) is 0 Å². The highest BCUT2D eigenvalue weighted by molar-refractivity contribution is 5.82. The summed E-state index contributed by atoms with van der Waals surface area (Å²) >= 11 is 0. The largest absolute Gasteiger partial charge is 0.481 e. The zero-order valence-corrected chi connectivity index (χ0v) is 8.86. The third-order valence-corrected chi connectivity index (χ3v) is 2.30. The molecule has 0 heterocycles. The highest BCUT2D eigenvalue weighted by atomic mass is 16.4. The number of nitriles is 1. The van der Waals surface area contributed by atoms with Gasteiger partial charge in [-0.05, 0) is 23.6 Å². The summed E-state index contributed by atoms with van der Waals surface area (Å²) in [6, 6.07) is 5.03. The predicted octanol–water partition coefficient (Wildman–Crippen LogP) is 1.56. The van der Waals surface area contributed by atoms with Gasteiger partial charge in [0.15, 0.2) is 6.29 Å². The minimum absolute atomic E-state index is 0.138. The van der Waals surface area contributed by atoms with Gasteiger partial charge >= 0.3 is 5.97 Å². The number of carboxylic acids is 1. The van der Waals surface area contributed by atoms with Gasteiger partial charge in [0.2, 0.25) is 0 Å². The SMILES string of the molecule is CCc1cc(CC(=O)O)cc(C#N)c1C=O. The Balaban J connectivity index is 3.32. The third-order valence-electron chi connectivity index (χ3n) is 2.30. The molecule has 0 saturated carbocycles. The van der Waals surface area contributed by atoms with E-state index in [0.29, 0.717) is 29.4 Å². The van der Waals surface area contributed by atoms with Crippen molar-refractivity contribution in [3.8, 4) is 6.07 Å². The first-order valence-electron chi connectivity index (χ1n) is 4.85. The number of carboxylic acid groups (broad SMARTS) is 1. The number of carbonyl (C=O) groups is 2.